The molecule has 1 spiro atoms. The normalized spacial score (nSPS) is 19.3. The highest BCUT2D eigenvalue weighted by atomic mass is 19.4. The lowest BCUT2D eigenvalue weighted by Gasteiger charge is -2.43. The Morgan fingerprint density at radius 3 is 2.35 bits per heavy atom. The summed E-state index contributed by atoms with van der Waals surface area (Å²) in [6, 6.07) is 10.2. The summed E-state index contributed by atoms with van der Waals surface area (Å²) < 4.78 is 78.4. The molecule has 2 aliphatic rings. The zero-order chi connectivity index (χ0) is 29.1. The van der Waals surface area contributed by atoms with E-state index in [-0.39, 0.29) is 37.5 Å². The average molecular weight is 569 g/mol. The van der Waals surface area contributed by atoms with Crippen LogP contribution < -0.4 is 4.74 Å². The quantitative estimate of drug-likeness (QED) is 0.312. The molecule has 2 heterocycles. The predicted octanol–water partition coefficient (Wildman–Crippen LogP) is 5.49. The van der Waals surface area contributed by atoms with Gasteiger partial charge < -0.3 is 14.4 Å². The third-order valence-corrected chi connectivity index (χ3v) is 7.58. The minimum atomic E-state index is -5.15. The monoisotopic (exact) mass is 568 g/mol. The number of hydrogen-bond donors (Lipinski definition) is 0. The summed E-state index contributed by atoms with van der Waals surface area (Å²) in [5, 5.41) is 0. The van der Waals surface area contributed by atoms with E-state index >= 15 is 0 Å². The lowest BCUT2D eigenvalue weighted by Crippen LogP contribution is -2.51. The van der Waals surface area contributed by atoms with E-state index in [4.69, 9.17) is 9.47 Å². The maximum Gasteiger partial charge on any atom is 0.490 e. The first-order valence-corrected chi connectivity index (χ1v) is 13.3. The molecule has 2 fully saturated rings. The van der Waals surface area contributed by atoms with Gasteiger partial charge in [0.05, 0.1) is 13.0 Å². The van der Waals surface area contributed by atoms with Crippen molar-refractivity contribution in [3.05, 3.63) is 65.2 Å². The minimum Gasteiger partial charge on any atom is -0.493 e. The predicted molar refractivity (Wildman–Crippen MR) is 136 cm³/mol. The number of ether oxygens (including phenoxy) is 2. The van der Waals surface area contributed by atoms with E-state index in [9.17, 15) is 31.5 Å². The summed E-state index contributed by atoms with van der Waals surface area (Å²) in [6.07, 6.45) is -5.58. The van der Waals surface area contributed by atoms with E-state index in [0.717, 1.165) is 23.8 Å². The van der Waals surface area contributed by atoms with Crippen molar-refractivity contribution in [3.63, 3.8) is 0 Å². The molecule has 4 rings (SSSR count). The second-order valence-electron chi connectivity index (χ2n) is 10.9. The molecular formula is C29H33F5N2O4. The summed E-state index contributed by atoms with van der Waals surface area (Å²) in [5.74, 6) is -3.12. The molecule has 2 saturated heterocycles. The number of likely N-dealkylation sites (tertiary alicyclic amines) is 2. The largest absolute Gasteiger partial charge is 0.493 e. The summed E-state index contributed by atoms with van der Waals surface area (Å²) in [5.41, 5.74) is -0.0964. The van der Waals surface area contributed by atoms with Crippen molar-refractivity contribution in [1.82, 2.24) is 9.80 Å². The Bertz CT molecular complexity index is 1210. The SMILES string of the molecule is CC(C)COc1ccccc1CN1CCC2(CCN(C(=O)Cc3cc(F)ccc3F)CC2)C1OC(=O)C(F)(F)F. The molecule has 0 saturated carbocycles. The first kappa shape index (κ1) is 29.8. The van der Waals surface area contributed by atoms with Crippen molar-refractivity contribution < 1.29 is 41.0 Å². The standard InChI is InChI=1S/C29H33F5N2O4/c1-19(2)18-39-24-6-4-3-5-20(24)17-36-14-11-28(26(36)40-27(38)29(32,33)34)9-12-35(13-10-28)25(37)16-21-15-22(30)7-8-23(21)31/h3-8,15,19,26H,9-14,16-18H2,1-2H3. The maximum absolute atomic E-state index is 14.1. The number of benzene rings is 2. The Morgan fingerprint density at radius 2 is 1.68 bits per heavy atom. The van der Waals surface area contributed by atoms with E-state index < -0.39 is 41.3 Å². The van der Waals surface area contributed by atoms with E-state index in [1.54, 1.807) is 11.0 Å². The van der Waals surface area contributed by atoms with Gasteiger partial charge in [-0.3, -0.25) is 9.69 Å². The van der Waals surface area contributed by atoms with Crippen LogP contribution in [0, 0.1) is 23.0 Å². The van der Waals surface area contributed by atoms with Gasteiger partial charge in [-0.25, -0.2) is 13.6 Å². The molecule has 11 heteroatoms. The lowest BCUT2D eigenvalue weighted by molar-refractivity contribution is -0.220. The van der Waals surface area contributed by atoms with Gasteiger partial charge in [0.1, 0.15) is 17.4 Å². The van der Waals surface area contributed by atoms with Crippen LogP contribution in [0.2, 0.25) is 0 Å². The van der Waals surface area contributed by atoms with Crippen molar-refractivity contribution in [2.24, 2.45) is 11.3 Å². The molecule has 2 aromatic carbocycles. The van der Waals surface area contributed by atoms with Crippen LogP contribution in [-0.4, -0.2) is 60.3 Å². The van der Waals surface area contributed by atoms with E-state index in [2.05, 4.69) is 0 Å². The van der Waals surface area contributed by atoms with Crippen LogP contribution in [0.4, 0.5) is 22.0 Å². The number of carbonyl (C=O) groups excluding carboxylic acids is 2. The number of hydrogen-bond acceptors (Lipinski definition) is 5. The molecule has 0 aliphatic carbocycles. The van der Waals surface area contributed by atoms with Crippen molar-refractivity contribution in [2.45, 2.75) is 58.5 Å². The molecule has 1 atom stereocenters. The van der Waals surface area contributed by atoms with E-state index in [1.807, 2.05) is 32.0 Å². The molecule has 2 aromatic rings. The molecule has 40 heavy (non-hydrogen) atoms. The molecule has 2 aliphatic heterocycles. The Hall–Kier alpha value is -3.21. The first-order valence-electron chi connectivity index (χ1n) is 13.3. The van der Waals surface area contributed by atoms with Crippen molar-refractivity contribution >= 4 is 11.9 Å². The molecule has 1 amide bonds. The molecule has 6 nitrogen and oxygen atoms in total. The first-order chi connectivity index (χ1) is 18.9. The van der Waals surface area contributed by atoms with Gasteiger partial charge >= 0.3 is 12.1 Å². The number of rotatable bonds is 8. The summed E-state index contributed by atoms with van der Waals surface area (Å²) in [7, 11) is 0. The van der Waals surface area contributed by atoms with Gasteiger partial charge in [-0.2, -0.15) is 13.2 Å². The number of esters is 1. The van der Waals surface area contributed by atoms with Crippen LogP contribution >= 0.6 is 0 Å². The Balaban J connectivity index is 1.50. The smallest absolute Gasteiger partial charge is 0.490 e. The average Bonchev–Trinajstić information content (AvgIpc) is 3.21. The van der Waals surface area contributed by atoms with E-state index in [1.165, 1.54) is 4.90 Å². The number of para-hydroxylation sites is 1. The molecular weight excluding hydrogens is 535 g/mol. The highest BCUT2D eigenvalue weighted by Gasteiger charge is 2.54. The number of nitrogens with zero attached hydrogens (tertiary/aromatic N) is 2. The van der Waals surface area contributed by atoms with Crippen LogP contribution in [0.1, 0.15) is 44.2 Å². The van der Waals surface area contributed by atoms with Gasteiger partial charge in [-0.1, -0.05) is 32.0 Å². The van der Waals surface area contributed by atoms with Crippen molar-refractivity contribution in [3.8, 4) is 5.75 Å². The van der Waals surface area contributed by atoms with Crippen LogP contribution in [0.3, 0.4) is 0 Å². The fraction of sp³-hybridized carbons (Fsp3) is 0.517. The maximum atomic E-state index is 14.1. The molecule has 1 unspecified atom stereocenters. The molecule has 0 bridgehead atoms. The van der Waals surface area contributed by atoms with Crippen molar-refractivity contribution in [2.75, 3.05) is 26.2 Å². The Labute approximate surface area is 230 Å². The highest BCUT2D eigenvalue weighted by Crippen LogP contribution is 2.47. The Morgan fingerprint density at radius 1 is 1.00 bits per heavy atom. The second kappa shape index (κ2) is 12.1. The fourth-order valence-corrected chi connectivity index (χ4v) is 5.43. The summed E-state index contributed by atoms with van der Waals surface area (Å²) in [6.45, 7) is 5.47. The van der Waals surface area contributed by atoms with Gasteiger partial charge in [-0.15, -0.1) is 0 Å². The van der Waals surface area contributed by atoms with Gasteiger partial charge in [0.15, 0.2) is 6.23 Å². The van der Waals surface area contributed by atoms with Crippen molar-refractivity contribution in [1.29, 1.82) is 0 Å². The third-order valence-electron chi connectivity index (χ3n) is 7.58. The molecule has 218 valence electrons. The Kier molecular flexibility index (Phi) is 9.02. The number of alkyl halides is 3. The van der Waals surface area contributed by atoms with Gasteiger partial charge in [0, 0.05) is 42.7 Å². The fourth-order valence-electron chi connectivity index (χ4n) is 5.43. The number of piperidine rings is 1. The zero-order valence-corrected chi connectivity index (χ0v) is 22.5. The minimum absolute atomic E-state index is 0.0623. The molecule has 0 N–H and O–H groups in total. The summed E-state index contributed by atoms with van der Waals surface area (Å²) in [4.78, 5) is 28.1. The van der Waals surface area contributed by atoms with Gasteiger partial charge in [-0.05, 0) is 49.4 Å². The van der Waals surface area contributed by atoms with Gasteiger partial charge in [0.2, 0.25) is 5.91 Å². The van der Waals surface area contributed by atoms with E-state index in [0.29, 0.717) is 38.2 Å². The second-order valence-corrected chi connectivity index (χ2v) is 10.9. The summed E-state index contributed by atoms with van der Waals surface area (Å²) >= 11 is 0. The van der Waals surface area contributed by atoms with Crippen LogP contribution in [0.25, 0.3) is 0 Å². The molecule has 0 aromatic heterocycles. The third kappa shape index (κ3) is 6.92. The zero-order valence-electron chi connectivity index (χ0n) is 22.5. The lowest BCUT2D eigenvalue weighted by atomic mass is 9.76. The van der Waals surface area contributed by atoms with Gasteiger partial charge in [0.25, 0.3) is 0 Å². The number of carbonyl (C=O) groups is 2. The van der Waals surface area contributed by atoms with Crippen LogP contribution in [0.5, 0.6) is 5.75 Å². The molecule has 0 radical (unpaired) electrons. The highest BCUT2D eigenvalue weighted by molar-refractivity contribution is 5.79. The topological polar surface area (TPSA) is 59.1 Å². The number of amides is 1. The van der Waals surface area contributed by atoms with Crippen LogP contribution in [0.15, 0.2) is 42.5 Å². The van der Waals surface area contributed by atoms with Crippen LogP contribution in [-0.2, 0) is 27.3 Å². The number of halogens is 5.